The van der Waals surface area contributed by atoms with Gasteiger partial charge in [0.15, 0.2) is 9.84 Å². The van der Waals surface area contributed by atoms with Crippen molar-refractivity contribution in [2.24, 2.45) is 0 Å². The van der Waals surface area contributed by atoms with E-state index in [1.165, 1.54) is 11.3 Å². The molecule has 7 nitrogen and oxygen atoms in total. The van der Waals surface area contributed by atoms with Gasteiger partial charge in [0.25, 0.3) is 11.8 Å². The molecule has 4 rings (SSSR count). The maximum absolute atomic E-state index is 13.1. The van der Waals surface area contributed by atoms with Crippen LogP contribution >= 0.6 is 11.3 Å². The Kier molecular flexibility index (Phi) is 6.34. The van der Waals surface area contributed by atoms with Crippen LogP contribution in [0.4, 0.5) is 5.00 Å². The van der Waals surface area contributed by atoms with E-state index in [0.717, 1.165) is 36.1 Å². The Hall–Kier alpha value is -2.39. The average Bonchev–Trinajstić information content (AvgIpc) is 3.27. The highest BCUT2D eigenvalue weighted by Gasteiger charge is 2.32. The molecule has 2 aliphatic rings. The molecule has 0 saturated carbocycles. The van der Waals surface area contributed by atoms with Gasteiger partial charge in [0, 0.05) is 16.5 Å². The summed E-state index contributed by atoms with van der Waals surface area (Å²) >= 11 is 1.45. The van der Waals surface area contributed by atoms with Gasteiger partial charge in [-0.2, -0.15) is 0 Å². The van der Waals surface area contributed by atoms with Crippen LogP contribution in [-0.4, -0.2) is 44.4 Å². The molecule has 1 aliphatic heterocycles. The highest BCUT2D eigenvalue weighted by Crippen LogP contribution is 2.38. The van der Waals surface area contributed by atoms with Crippen molar-refractivity contribution in [1.82, 2.24) is 5.32 Å². The summed E-state index contributed by atoms with van der Waals surface area (Å²) in [5.74, 6) is 0.166. The maximum Gasteiger partial charge on any atom is 0.256 e. The molecule has 2 aromatic rings. The molecule has 1 atom stereocenters. The molecular weight excluding hydrogens is 436 g/mol. The highest BCUT2D eigenvalue weighted by molar-refractivity contribution is 7.91. The summed E-state index contributed by atoms with van der Waals surface area (Å²) in [6.07, 6.45) is 4.15. The van der Waals surface area contributed by atoms with Gasteiger partial charge in [0.05, 0.1) is 23.7 Å². The minimum Gasteiger partial charge on any atom is -0.494 e. The summed E-state index contributed by atoms with van der Waals surface area (Å²) in [6.45, 7) is 2.44. The molecule has 1 saturated heterocycles. The number of ether oxygens (including phenoxy) is 1. The van der Waals surface area contributed by atoms with Gasteiger partial charge < -0.3 is 15.4 Å². The largest absolute Gasteiger partial charge is 0.494 e. The third kappa shape index (κ3) is 4.93. The van der Waals surface area contributed by atoms with Crippen LogP contribution in [0.5, 0.6) is 5.75 Å². The molecule has 0 spiro atoms. The second-order valence-corrected chi connectivity index (χ2v) is 11.2. The van der Waals surface area contributed by atoms with E-state index < -0.39 is 9.84 Å². The third-order valence-electron chi connectivity index (χ3n) is 5.62. The number of fused-ring (bicyclic) bond motifs is 1. The van der Waals surface area contributed by atoms with Crippen LogP contribution in [0.3, 0.4) is 0 Å². The Morgan fingerprint density at radius 1 is 1.13 bits per heavy atom. The van der Waals surface area contributed by atoms with Crippen molar-refractivity contribution in [3.05, 3.63) is 45.8 Å². The van der Waals surface area contributed by atoms with Crippen LogP contribution in [0.25, 0.3) is 0 Å². The van der Waals surface area contributed by atoms with Crippen LogP contribution in [-0.2, 0) is 22.7 Å². The molecule has 0 bridgehead atoms. The Balaban J connectivity index is 1.56. The van der Waals surface area contributed by atoms with Gasteiger partial charge in [-0.25, -0.2) is 8.42 Å². The fourth-order valence-corrected chi connectivity index (χ4v) is 7.06. The maximum atomic E-state index is 13.1. The number of benzene rings is 1. The Labute approximate surface area is 186 Å². The number of rotatable bonds is 6. The zero-order valence-corrected chi connectivity index (χ0v) is 19.0. The lowest BCUT2D eigenvalue weighted by Crippen LogP contribution is -2.36. The van der Waals surface area contributed by atoms with E-state index in [4.69, 9.17) is 4.74 Å². The fraction of sp³-hybridized carbons (Fsp3) is 0.455. The number of nitrogens with one attached hydrogen (secondary N) is 2. The third-order valence-corrected chi connectivity index (χ3v) is 8.60. The van der Waals surface area contributed by atoms with Crippen molar-refractivity contribution in [2.75, 3.05) is 23.4 Å². The number of anilines is 1. The first-order valence-corrected chi connectivity index (χ1v) is 13.2. The van der Waals surface area contributed by atoms with Crippen molar-refractivity contribution in [2.45, 2.75) is 45.1 Å². The number of hydrogen-bond acceptors (Lipinski definition) is 6. The smallest absolute Gasteiger partial charge is 0.256 e. The lowest BCUT2D eigenvalue weighted by Gasteiger charge is -2.15. The number of hydrogen-bond donors (Lipinski definition) is 2. The second-order valence-electron chi connectivity index (χ2n) is 7.90. The first-order chi connectivity index (χ1) is 14.9. The molecule has 1 fully saturated rings. The van der Waals surface area contributed by atoms with Gasteiger partial charge in [-0.15, -0.1) is 11.3 Å². The van der Waals surface area contributed by atoms with Crippen molar-refractivity contribution < 1.29 is 22.7 Å². The lowest BCUT2D eigenvalue weighted by atomic mass is 9.95. The minimum absolute atomic E-state index is 0.0288. The molecule has 0 unspecified atom stereocenters. The summed E-state index contributed by atoms with van der Waals surface area (Å²) in [5.41, 5.74) is 1.95. The van der Waals surface area contributed by atoms with Crippen molar-refractivity contribution in [1.29, 1.82) is 0 Å². The fourth-order valence-electron chi connectivity index (χ4n) is 4.11. The second kappa shape index (κ2) is 9.00. The van der Waals surface area contributed by atoms with Gasteiger partial charge in [-0.1, -0.05) is 0 Å². The van der Waals surface area contributed by atoms with Crippen molar-refractivity contribution in [3.63, 3.8) is 0 Å². The summed E-state index contributed by atoms with van der Waals surface area (Å²) in [5, 5.41) is 6.33. The van der Waals surface area contributed by atoms with Crippen molar-refractivity contribution in [3.8, 4) is 5.75 Å². The topological polar surface area (TPSA) is 102 Å². The number of sulfone groups is 1. The Morgan fingerprint density at radius 2 is 1.87 bits per heavy atom. The van der Waals surface area contributed by atoms with E-state index in [9.17, 15) is 18.0 Å². The molecule has 0 radical (unpaired) electrons. The average molecular weight is 463 g/mol. The number of carbonyl (C=O) groups excluding carboxylic acids is 2. The van der Waals surface area contributed by atoms with E-state index in [2.05, 4.69) is 10.6 Å². The number of aryl methyl sites for hydroxylation is 1. The zero-order valence-electron chi connectivity index (χ0n) is 17.4. The van der Waals surface area contributed by atoms with Gasteiger partial charge in [-0.05, 0) is 68.9 Å². The van der Waals surface area contributed by atoms with E-state index in [1.807, 2.05) is 6.92 Å². The molecular formula is C22H26N2O5S2. The van der Waals surface area contributed by atoms with Crippen molar-refractivity contribution >= 4 is 38.0 Å². The monoisotopic (exact) mass is 462 g/mol. The summed E-state index contributed by atoms with van der Waals surface area (Å²) in [4.78, 5) is 27.1. The molecule has 2 heterocycles. The predicted molar refractivity (Wildman–Crippen MR) is 121 cm³/mol. The zero-order chi connectivity index (χ0) is 22.0. The van der Waals surface area contributed by atoms with E-state index in [1.54, 1.807) is 24.3 Å². The van der Waals surface area contributed by atoms with Crippen LogP contribution in [0, 0.1) is 0 Å². The van der Waals surface area contributed by atoms with Gasteiger partial charge in [0.1, 0.15) is 10.8 Å². The van der Waals surface area contributed by atoms with Crippen LogP contribution < -0.4 is 15.4 Å². The predicted octanol–water partition coefficient (Wildman–Crippen LogP) is 3.19. The molecule has 1 aliphatic carbocycles. The number of thiophene rings is 1. The molecule has 1 aromatic carbocycles. The van der Waals surface area contributed by atoms with Gasteiger partial charge in [0.2, 0.25) is 0 Å². The molecule has 31 heavy (non-hydrogen) atoms. The first kappa shape index (κ1) is 21.8. The molecule has 9 heteroatoms. The van der Waals surface area contributed by atoms with E-state index >= 15 is 0 Å². The highest BCUT2D eigenvalue weighted by atomic mass is 32.2. The minimum atomic E-state index is -3.09. The summed E-state index contributed by atoms with van der Waals surface area (Å²) in [6, 6.07) is 6.48. The molecule has 166 valence electrons. The van der Waals surface area contributed by atoms with Crippen LogP contribution in [0.1, 0.15) is 57.3 Å². The molecule has 1 aromatic heterocycles. The molecule has 2 N–H and O–H groups in total. The summed E-state index contributed by atoms with van der Waals surface area (Å²) in [7, 11) is -3.09. The molecule has 2 amide bonds. The standard InChI is InChI=1S/C22H26N2O5S2/c1-2-29-16-9-7-14(8-10-16)20(25)24-22-19(17-5-3-4-6-18(17)30-22)21(26)23-15-11-12-31(27,28)13-15/h7-10,15H,2-6,11-13H2,1H3,(H,23,26)(H,24,25)/t15-/m0/s1. The summed E-state index contributed by atoms with van der Waals surface area (Å²) < 4.78 is 28.9. The quantitative estimate of drug-likeness (QED) is 0.687. The Morgan fingerprint density at radius 3 is 2.55 bits per heavy atom. The van der Waals surface area contributed by atoms with Crippen LogP contribution in [0.15, 0.2) is 24.3 Å². The number of amides is 2. The first-order valence-electron chi connectivity index (χ1n) is 10.6. The lowest BCUT2D eigenvalue weighted by molar-refractivity contribution is 0.0941. The normalized spacial score (nSPS) is 19.5. The van der Waals surface area contributed by atoms with E-state index in [-0.39, 0.29) is 29.4 Å². The number of carbonyl (C=O) groups is 2. The Bertz CT molecular complexity index is 1090. The van der Waals surface area contributed by atoms with Gasteiger partial charge >= 0.3 is 0 Å². The van der Waals surface area contributed by atoms with E-state index in [0.29, 0.717) is 34.9 Å². The SMILES string of the molecule is CCOc1ccc(C(=O)Nc2sc3c(c2C(=O)N[C@H]2CCS(=O)(=O)C2)CCCC3)cc1. The van der Waals surface area contributed by atoms with Crippen LogP contribution in [0.2, 0.25) is 0 Å². The van der Waals surface area contributed by atoms with Gasteiger partial charge in [-0.3, -0.25) is 9.59 Å².